The second-order valence-electron chi connectivity index (χ2n) is 8.16. The van der Waals surface area contributed by atoms with Crippen LogP contribution >= 0.6 is 35.6 Å². The number of aliphatic imine (C=N–C) groups is 1. The average Bonchev–Trinajstić information content (AvgIpc) is 2.74. The minimum absolute atomic E-state index is 0.220. The summed E-state index contributed by atoms with van der Waals surface area (Å²) in [7, 11) is 0. The Morgan fingerprint density at radius 1 is 1.34 bits per heavy atom. The van der Waals surface area contributed by atoms with Crippen LogP contribution in [0.4, 0.5) is 5.69 Å². The van der Waals surface area contributed by atoms with E-state index in [9.17, 15) is 5.11 Å². The first-order chi connectivity index (χ1) is 14.0. The molecule has 160 valence electrons. The van der Waals surface area contributed by atoms with E-state index < -0.39 is 0 Å². The van der Waals surface area contributed by atoms with Crippen molar-refractivity contribution in [3.8, 4) is 0 Å². The normalized spacial score (nSPS) is 21.4. The third-order valence-electron chi connectivity index (χ3n) is 6.33. The van der Waals surface area contributed by atoms with Crippen molar-refractivity contribution >= 4 is 51.6 Å². The summed E-state index contributed by atoms with van der Waals surface area (Å²) < 4.78 is 6.77. The molecule has 0 aromatic heterocycles. The zero-order valence-corrected chi connectivity index (χ0v) is 19.7. The number of thioether (sulfide) groups is 1. The van der Waals surface area contributed by atoms with E-state index in [4.69, 9.17) is 28.6 Å². The number of nitrogens with one attached hydrogen (secondary N) is 1. The smallest absolute Gasteiger partial charge is 0.295 e. The summed E-state index contributed by atoms with van der Waals surface area (Å²) in [6.45, 7) is 2.90. The first kappa shape index (κ1) is 22.9. The van der Waals surface area contributed by atoms with Gasteiger partial charge in [-0.1, -0.05) is 61.8 Å². The Labute approximate surface area is 188 Å². The zero-order valence-electron chi connectivity index (χ0n) is 17.3. The van der Waals surface area contributed by atoms with Crippen LogP contribution in [0.15, 0.2) is 17.1 Å². The topological polar surface area (TPSA) is 53.8 Å². The summed E-state index contributed by atoms with van der Waals surface area (Å²) in [6.07, 6.45) is 11.0. The Morgan fingerprint density at radius 2 is 2.10 bits per heavy atom. The van der Waals surface area contributed by atoms with E-state index in [-0.39, 0.29) is 11.5 Å². The fourth-order valence-electron chi connectivity index (χ4n) is 4.40. The van der Waals surface area contributed by atoms with E-state index >= 15 is 0 Å². The van der Waals surface area contributed by atoms with Gasteiger partial charge in [0.25, 0.3) is 6.02 Å². The fraction of sp³-hybridized carbons (Fsp3) is 0.636. The molecular weight excluding hydrogens is 424 g/mol. The quantitative estimate of drug-likeness (QED) is 0.333. The molecule has 1 unspecified atom stereocenters. The third kappa shape index (κ3) is 5.87. The number of fused-ring (bicyclic) bond motifs is 1. The van der Waals surface area contributed by atoms with Gasteiger partial charge in [0.2, 0.25) is 0 Å². The number of benzene rings is 1. The van der Waals surface area contributed by atoms with Gasteiger partial charge in [-0.05, 0) is 61.6 Å². The standard InChI is InChI=1S/C22H31ClN2O2S2/c1-3-22(11-5-4-6-12-22)14-27-20(25-21(28)29-2)24-19-10-9-18(23)16-8-7-15(26)13-17(16)19/h9-10,15,26H,3-8,11-14H2,1-2H3,(H,24,25,28). The van der Waals surface area contributed by atoms with Crippen LogP contribution < -0.4 is 5.32 Å². The van der Waals surface area contributed by atoms with Crippen LogP contribution in [0.25, 0.3) is 0 Å². The highest BCUT2D eigenvalue weighted by Crippen LogP contribution is 2.39. The molecule has 1 saturated carbocycles. The predicted octanol–water partition coefficient (Wildman–Crippen LogP) is 5.98. The summed E-state index contributed by atoms with van der Waals surface area (Å²) >= 11 is 13.2. The van der Waals surface area contributed by atoms with Crippen molar-refractivity contribution in [1.29, 1.82) is 0 Å². The van der Waals surface area contributed by atoms with E-state index in [1.165, 1.54) is 43.9 Å². The maximum Gasteiger partial charge on any atom is 0.295 e. The molecule has 4 nitrogen and oxygen atoms in total. The summed E-state index contributed by atoms with van der Waals surface area (Å²) in [5.41, 5.74) is 3.26. The van der Waals surface area contributed by atoms with E-state index in [1.807, 2.05) is 18.4 Å². The molecule has 3 rings (SSSR count). The van der Waals surface area contributed by atoms with Crippen molar-refractivity contribution in [3.63, 3.8) is 0 Å². The summed E-state index contributed by atoms with van der Waals surface area (Å²) in [5, 5.41) is 14.3. The van der Waals surface area contributed by atoms with Gasteiger partial charge in [0.15, 0.2) is 4.32 Å². The number of rotatable bonds is 4. The molecule has 0 bridgehead atoms. The molecule has 0 aliphatic heterocycles. The van der Waals surface area contributed by atoms with E-state index in [0.717, 1.165) is 41.1 Å². The first-order valence-electron chi connectivity index (χ1n) is 10.5. The molecular formula is C22H31ClN2O2S2. The lowest BCUT2D eigenvalue weighted by Crippen LogP contribution is -2.32. The number of amidine groups is 1. The van der Waals surface area contributed by atoms with Crippen molar-refractivity contribution in [2.75, 3.05) is 18.2 Å². The molecule has 1 aromatic carbocycles. The van der Waals surface area contributed by atoms with E-state index in [2.05, 4.69) is 17.2 Å². The lowest BCUT2D eigenvalue weighted by atomic mass is 9.73. The molecule has 0 saturated heterocycles. The second kappa shape index (κ2) is 10.5. The van der Waals surface area contributed by atoms with E-state index in [1.54, 1.807) is 0 Å². The number of anilines is 1. The van der Waals surface area contributed by atoms with Gasteiger partial charge in [0, 0.05) is 22.5 Å². The van der Waals surface area contributed by atoms with Crippen molar-refractivity contribution in [2.45, 2.75) is 70.8 Å². The van der Waals surface area contributed by atoms with Crippen molar-refractivity contribution in [2.24, 2.45) is 10.4 Å². The minimum Gasteiger partial charge on any atom is -0.464 e. The molecule has 2 N–H and O–H groups in total. The van der Waals surface area contributed by atoms with Gasteiger partial charge >= 0.3 is 0 Å². The number of aliphatic hydroxyl groups is 1. The molecule has 7 heteroatoms. The zero-order chi connectivity index (χ0) is 20.9. The molecule has 1 atom stereocenters. The van der Waals surface area contributed by atoms with Crippen LogP contribution in [0.2, 0.25) is 5.02 Å². The highest BCUT2D eigenvalue weighted by Gasteiger charge is 2.32. The highest BCUT2D eigenvalue weighted by atomic mass is 35.5. The predicted molar refractivity (Wildman–Crippen MR) is 128 cm³/mol. The van der Waals surface area contributed by atoms with Gasteiger partial charge in [-0.2, -0.15) is 4.99 Å². The fourth-order valence-corrected chi connectivity index (χ4v) is 4.93. The number of thiocarbonyl (C=S) groups is 1. The molecule has 2 aliphatic rings. The van der Waals surface area contributed by atoms with Crippen LogP contribution in [-0.2, 0) is 17.6 Å². The van der Waals surface area contributed by atoms with Gasteiger partial charge in [-0.15, -0.1) is 0 Å². The van der Waals surface area contributed by atoms with Crippen LogP contribution in [-0.4, -0.2) is 34.4 Å². The Hall–Kier alpha value is -0.820. The summed E-state index contributed by atoms with van der Waals surface area (Å²) in [6, 6.07) is 4.28. The lowest BCUT2D eigenvalue weighted by molar-refractivity contribution is 0.0859. The maximum absolute atomic E-state index is 10.2. The molecule has 2 aliphatic carbocycles. The maximum atomic E-state index is 10.2. The Bertz CT molecular complexity index is 763. The molecule has 0 spiro atoms. The lowest BCUT2D eigenvalue weighted by Gasteiger charge is -2.36. The number of nitrogens with zero attached hydrogens (tertiary/aromatic N) is 1. The van der Waals surface area contributed by atoms with Crippen LogP contribution in [0.1, 0.15) is 63.0 Å². The van der Waals surface area contributed by atoms with Crippen LogP contribution in [0.5, 0.6) is 0 Å². The Kier molecular flexibility index (Phi) is 8.25. The molecule has 1 aromatic rings. The van der Waals surface area contributed by atoms with Crippen molar-refractivity contribution in [3.05, 3.63) is 28.3 Å². The third-order valence-corrected chi connectivity index (χ3v) is 7.72. The average molecular weight is 455 g/mol. The number of halogens is 1. The second-order valence-corrected chi connectivity index (χ2v) is 10.0. The highest BCUT2D eigenvalue weighted by molar-refractivity contribution is 8.22. The Morgan fingerprint density at radius 3 is 2.79 bits per heavy atom. The van der Waals surface area contributed by atoms with Gasteiger partial charge in [0.1, 0.15) is 0 Å². The Balaban J connectivity index is 1.82. The summed E-state index contributed by atoms with van der Waals surface area (Å²) in [5.74, 6) is 0. The molecule has 0 amide bonds. The molecule has 29 heavy (non-hydrogen) atoms. The van der Waals surface area contributed by atoms with Crippen molar-refractivity contribution < 1.29 is 9.84 Å². The number of aliphatic hydroxyl groups excluding tert-OH is 1. The number of ether oxygens (including phenoxy) is 1. The van der Waals surface area contributed by atoms with Gasteiger partial charge in [-0.25, -0.2) is 0 Å². The van der Waals surface area contributed by atoms with E-state index in [0.29, 0.717) is 23.4 Å². The number of hydrogen-bond acceptors (Lipinski definition) is 4. The van der Waals surface area contributed by atoms with Gasteiger partial charge < -0.3 is 15.2 Å². The van der Waals surface area contributed by atoms with Gasteiger partial charge in [-0.3, -0.25) is 0 Å². The molecule has 0 heterocycles. The molecule has 0 radical (unpaired) electrons. The number of hydrogen-bond donors (Lipinski definition) is 2. The minimum atomic E-state index is -0.347. The largest absolute Gasteiger partial charge is 0.464 e. The SMILES string of the molecule is CCC1(CO/C(=N/C(=S)SC)Nc2ccc(Cl)c3c2CC(O)CC3)CCCCC1. The van der Waals surface area contributed by atoms with Crippen LogP contribution in [0, 0.1) is 5.41 Å². The summed E-state index contributed by atoms with van der Waals surface area (Å²) in [4.78, 5) is 4.51. The monoisotopic (exact) mass is 454 g/mol. The van der Waals surface area contributed by atoms with Crippen LogP contribution in [0.3, 0.4) is 0 Å². The van der Waals surface area contributed by atoms with Gasteiger partial charge in [0.05, 0.1) is 12.7 Å². The molecule has 1 fully saturated rings. The van der Waals surface area contributed by atoms with Crippen molar-refractivity contribution in [1.82, 2.24) is 0 Å². The first-order valence-corrected chi connectivity index (χ1v) is 12.5.